The van der Waals surface area contributed by atoms with E-state index in [-0.39, 0.29) is 16.1 Å². The first-order valence-electron chi connectivity index (χ1n) is 5.90. The number of nitro benzene ring substituents is 1. The zero-order chi connectivity index (χ0) is 13.9. The molecule has 0 spiro atoms. The van der Waals surface area contributed by atoms with Crippen LogP contribution in [0.4, 0.5) is 11.4 Å². The van der Waals surface area contributed by atoms with Gasteiger partial charge in [-0.15, -0.1) is 0 Å². The van der Waals surface area contributed by atoms with Gasteiger partial charge < -0.3 is 10.2 Å². The quantitative estimate of drug-likeness (QED) is 0.645. The molecule has 5 nitrogen and oxygen atoms in total. The lowest BCUT2D eigenvalue weighted by Gasteiger charge is -2.33. The molecule has 0 aliphatic rings. The van der Waals surface area contributed by atoms with Crippen LogP contribution in [0.1, 0.15) is 19.4 Å². The smallest absolute Gasteiger partial charge is 0.292 e. The van der Waals surface area contributed by atoms with Gasteiger partial charge in [0.25, 0.3) is 5.69 Å². The summed E-state index contributed by atoms with van der Waals surface area (Å²) in [6, 6.07) is 5.10. The van der Waals surface area contributed by atoms with Gasteiger partial charge in [-0.3, -0.25) is 10.1 Å². The predicted octanol–water partition coefficient (Wildman–Crippen LogP) is 2.66. The molecule has 0 aromatic heterocycles. The molecule has 5 heteroatoms. The second-order valence-electron chi connectivity index (χ2n) is 5.34. The van der Waals surface area contributed by atoms with E-state index in [0.717, 1.165) is 5.56 Å². The van der Waals surface area contributed by atoms with Crippen molar-refractivity contribution in [3.63, 3.8) is 0 Å². The van der Waals surface area contributed by atoms with Crippen molar-refractivity contribution in [3.8, 4) is 0 Å². The normalized spacial score (nSPS) is 11.7. The SMILES string of the molecule is Cc1ccc([N+](=O)[O-])c(NCC(C)(C)N(C)C)c1. The highest BCUT2D eigenvalue weighted by molar-refractivity contribution is 5.62. The molecule has 0 atom stereocenters. The van der Waals surface area contributed by atoms with Crippen molar-refractivity contribution in [1.29, 1.82) is 0 Å². The highest BCUT2D eigenvalue weighted by atomic mass is 16.6. The standard InChI is InChI=1S/C13H21N3O2/c1-10-6-7-12(16(17)18)11(8-10)14-9-13(2,3)15(4)5/h6-8,14H,9H2,1-5H3. The lowest BCUT2D eigenvalue weighted by atomic mass is 10.0. The Balaban J connectivity index is 2.90. The number of nitro groups is 1. The van der Waals surface area contributed by atoms with Gasteiger partial charge in [0.15, 0.2) is 0 Å². The Bertz CT molecular complexity index is 442. The van der Waals surface area contributed by atoms with Gasteiger partial charge >= 0.3 is 0 Å². The van der Waals surface area contributed by atoms with Gasteiger partial charge in [0.2, 0.25) is 0 Å². The predicted molar refractivity (Wildman–Crippen MR) is 74.1 cm³/mol. The van der Waals surface area contributed by atoms with Crippen LogP contribution in [-0.2, 0) is 0 Å². The van der Waals surface area contributed by atoms with Crippen molar-refractivity contribution in [2.45, 2.75) is 26.3 Å². The van der Waals surface area contributed by atoms with Gasteiger partial charge in [0.1, 0.15) is 5.69 Å². The molecule has 1 aromatic rings. The number of nitrogens with one attached hydrogen (secondary N) is 1. The van der Waals surface area contributed by atoms with Crippen molar-refractivity contribution in [2.24, 2.45) is 0 Å². The Morgan fingerprint density at radius 1 is 1.39 bits per heavy atom. The first kappa shape index (κ1) is 14.4. The van der Waals surface area contributed by atoms with Gasteiger partial charge in [-0.05, 0) is 46.5 Å². The van der Waals surface area contributed by atoms with E-state index in [9.17, 15) is 10.1 Å². The summed E-state index contributed by atoms with van der Waals surface area (Å²) in [5.74, 6) is 0. The average molecular weight is 251 g/mol. The molecule has 18 heavy (non-hydrogen) atoms. The van der Waals surface area contributed by atoms with Crippen LogP contribution in [0.2, 0.25) is 0 Å². The third kappa shape index (κ3) is 3.43. The molecule has 0 heterocycles. The molecule has 1 aromatic carbocycles. The van der Waals surface area contributed by atoms with Crippen LogP contribution in [0.25, 0.3) is 0 Å². The molecular formula is C13H21N3O2. The number of anilines is 1. The molecular weight excluding hydrogens is 230 g/mol. The maximum absolute atomic E-state index is 10.9. The highest BCUT2D eigenvalue weighted by Crippen LogP contribution is 2.26. The van der Waals surface area contributed by atoms with Gasteiger partial charge in [0.05, 0.1) is 4.92 Å². The molecule has 0 aliphatic heterocycles. The van der Waals surface area contributed by atoms with E-state index in [1.54, 1.807) is 12.1 Å². The number of rotatable bonds is 5. The van der Waals surface area contributed by atoms with Crippen LogP contribution in [0.3, 0.4) is 0 Å². The molecule has 100 valence electrons. The van der Waals surface area contributed by atoms with Crippen LogP contribution in [-0.4, -0.2) is 36.0 Å². The first-order valence-corrected chi connectivity index (χ1v) is 5.90. The maximum atomic E-state index is 10.9. The lowest BCUT2D eigenvalue weighted by Crippen LogP contribution is -2.44. The molecule has 1 N–H and O–H groups in total. The number of aryl methyl sites for hydroxylation is 1. The topological polar surface area (TPSA) is 58.4 Å². The van der Waals surface area contributed by atoms with Crippen molar-refractivity contribution in [3.05, 3.63) is 33.9 Å². The Kier molecular flexibility index (Phi) is 4.29. The second kappa shape index (κ2) is 5.35. The van der Waals surface area contributed by atoms with Crippen molar-refractivity contribution < 1.29 is 4.92 Å². The minimum Gasteiger partial charge on any atom is -0.378 e. The largest absolute Gasteiger partial charge is 0.378 e. The Morgan fingerprint density at radius 2 is 2.00 bits per heavy atom. The minimum absolute atomic E-state index is 0.0718. The Hall–Kier alpha value is -1.62. The summed E-state index contributed by atoms with van der Waals surface area (Å²) in [4.78, 5) is 12.7. The molecule has 0 fully saturated rings. The highest BCUT2D eigenvalue weighted by Gasteiger charge is 2.22. The number of hydrogen-bond donors (Lipinski definition) is 1. The van der Waals surface area contributed by atoms with Crippen LogP contribution in [0, 0.1) is 17.0 Å². The summed E-state index contributed by atoms with van der Waals surface area (Å²) in [7, 11) is 3.98. The summed E-state index contributed by atoms with van der Waals surface area (Å²) >= 11 is 0. The Morgan fingerprint density at radius 3 is 2.50 bits per heavy atom. The summed E-state index contributed by atoms with van der Waals surface area (Å²) in [5, 5.41) is 14.1. The van der Waals surface area contributed by atoms with Crippen molar-refractivity contribution in [1.82, 2.24) is 4.90 Å². The summed E-state index contributed by atoms with van der Waals surface area (Å²) in [6.45, 7) is 6.74. The maximum Gasteiger partial charge on any atom is 0.292 e. The first-order chi connectivity index (χ1) is 8.24. The summed E-state index contributed by atoms with van der Waals surface area (Å²) in [6.07, 6.45) is 0. The molecule has 0 radical (unpaired) electrons. The van der Waals surface area contributed by atoms with E-state index in [4.69, 9.17) is 0 Å². The number of hydrogen-bond acceptors (Lipinski definition) is 4. The third-order valence-electron chi connectivity index (χ3n) is 3.27. The van der Waals surface area contributed by atoms with Crippen molar-refractivity contribution >= 4 is 11.4 Å². The minimum atomic E-state index is -0.357. The number of benzene rings is 1. The van der Waals surface area contributed by atoms with E-state index in [1.165, 1.54) is 0 Å². The molecule has 0 saturated heterocycles. The van der Waals surface area contributed by atoms with Gasteiger partial charge in [-0.25, -0.2) is 0 Å². The van der Waals surface area contributed by atoms with E-state index in [0.29, 0.717) is 12.2 Å². The molecule has 0 bridgehead atoms. The molecule has 0 unspecified atom stereocenters. The molecule has 1 rings (SSSR count). The van der Waals surface area contributed by atoms with Gasteiger partial charge in [-0.2, -0.15) is 0 Å². The summed E-state index contributed by atoms with van der Waals surface area (Å²) < 4.78 is 0. The van der Waals surface area contributed by atoms with Crippen molar-refractivity contribution in [2.75, 3.05) is 26.0 Å². The fourth-order valence-electron chi connectivity index (χ4n) is 1.42. The third-order valence-corrected chi connectivity index (χ3v) is 3.27. The number of likely N-dealkylation sites (N-methyl/N-ethyl adjacent to an activating group) is 1. The zero-order valence-corrected chi connectivity index (χ0v) is 11.7. The fraction of sp³-hybridized carbons (Fsp3) is 0.538. The van der Waals surface area contributed by atoms with E-state index in [1.807, 2.05) is 27.1 Å². The van der Waals surface area contributed by atoms with E-state index in [2.05, 4.69) is 24.1 Å². The lowest BCUT2D eigenvalue weighted by molar-refractivity contribution is -0.384. The monoisotopic (exact) mass is 251 g/mol. The molecule has 0 aliphatic carbocycles. The molecule has 0 amide bonds. The zero-order valence-electron chi connectivity index (χ0n) is 11.7. The summed E-state index contributed by atoms with van der Waals surface area (Å²) in [5.41, 5.74) is 1.63. The Labute approximate surface area is 108 Å². The average Bonchev–Trinajstić information content (AvgIpc) is 2.26. The number of nitrogens with zero attached hydrogens (tertiary/aromatic N) is 2. The van der Waals surface area contributed by atoms with E-state index < -0.39 is 0 Å². The second-order valence-corrected chi connectivity index (χ2v) is 5.34. The van der Waals surface area contributed by atoms with Crippen LogP contribution in [0.15, 0.2) is 18.2 Å². The van der Waals surface area contributed by atoms with Gasteiger partial charge in [-0.1, -0.05) is 6.07 Å². The van der Waals surface area contributed by atoms with Crippen LogP contribution < -0.4 is 5.32 Å². The van der Waals surface area contributed by atoms with Gasteiger partial charge in [0, 0.05) is 18.2 Å². The van der Waals surface area contributed by atoms with Crippen LogP contribution >= 0.6 is 0 Å². The van der Waals surface area contributed by atoms with Crippen LogP contribution in [0.5, 0.6) is 0 Å². The fourth-order valence-corrected chi connectivity index (χ4v) is 1.42. The molecule has 0 saturated carbocycles. The van der Waals surface area contributed by atoms with E-state index >= 15 is 0 Å².